The molecule has 2 aromatic carbocycles. The van der Waals surface area contributed by atoms with Crippen LogP contribution in [-0.4, -0.2) is 38.5 Å². The highest BCUT2D eigenvalue weighted by atomic mass is 16.5. The van der Waals surface area contributed by atoms with E-state index in [2.05, 4.69) is 17.2 Å². The molecule has 0 saturated heterocycles. The van der Waals surface area contributed by atoms with Crippen molar-refractivity contribution < 1.29 is 23.8 Å². The summed E-state index contributed by atoms with van der Waals surface area (Å²) in [5, 5.41) is 18.6. The van der Waals surface area contributed by atoms with Crippen molar-refractivity contribution in [2.45, 2.75) is 52.0 Å². The zero-order valence-electron chi connectivity index (χ0n) is 20.2. The Kier molecular flexibility index (Phi) is 8.10. The standard InChI is InChI=1S/C27H29N3O6/c1-2-3-4-7-14-35-19-10-11-20-22(17-36-25(20)16-19)24(31)15-18(27(33)34)12-13-30-26(32)21-8-5-6-9-23(21)28-29-30/h5-6,8-11,16-18H,2-4,7,12-15H2,1H3,(H,33,34). The van der Waals surface area contributed by atoms with Crippen LogP contribution in [0.3, 0.4) is 0 Å². The molecule has 0 saturated carbocycles. The minimum Gasteiger partial charge on any atom is -0.493 e. The Morgan fingerprint density at radius 3 is 2.75 bits per heavy atom. The van der Waals surface area contributed by atoms with Gasteiger partial charge in [-0.05, 0) is 37.1 Å². The summed E-state index contributed by atoms with van der Waals surface area (Å²) >= 11 is 0. The number of nitrogens with zero attached hydrogens (tertiary/aromatic N) is 3. The number of carboxylic acids is 1. The van der Waals surface area contributed by atoms with E-state index in [0.717, 1.165) is 23.9 Å². The summed E-state index contributed by atoms with van der Waals surface area (Å²) in [7, 11) is 0. The summed E-state index contributed by atoms with van der Waals surface area (Å²) in [6.07, 6.45) is 5.61. The molecule has 9 nitrogen and oxygen atoms in total. The molecule has 4 aromatic rings. The fourth-order valence-corrected chi connectivity index (χ4v) is 4.13. The van der Waals surface area contributed by atoms with Gasteiger partial charge in [0.15, 0.2) is 5.78 Å². The van der Waals surface area contributed by atoms with Gasteiger partial charge in [-0.3, -0.25) is 14.4 Å². The predicted octanol–water partition coefficient (Wildman–Crippen LogP) is 4.86. The van der Waals surface area contributed by atoms with Gasteiger partial charge in [0, 0.05) is 24.4 Å². The molecule has 9 heteroatoms. The largest absolute Gasteiger partial charge is 0.493 e. The number of carboxylic acid groups (broad SMARTS) is 1. The summed E-state index contributed by atoms with van der Waals surface area (Å²) in [4.78, 5) is 37.5. The summed E-state index contributed by atoms with van der Waals surface area (Å²) in [5.41, 5.74) is 0.962. The van der Waals surface area contributed by atoms with Crippen molar-refractivity contribution in [1.29, 1.82) is 0 Å². The fraction of sp³-hybridized carbons (Fsp3) is 0.370. The highest BCUT2D eigenvalue weighted by molar-refractivity contribution is 6.08. The lowest BCUT2D eigenvalue weighted by atomic mass is 9.95. The van der Waals surface area contributed by atoms with Crippen LogP contribution >= 0.6 is 0 Å². The summed E-state index contributed by atoms with van der Waals surface area (Å²) in [5.74, 6) is -1.78. The third-order valence-corrected chi connectivity index (χ3v) is 6.21. The lowest BCUT2D eigenvalue weighted by molar-refractivity contribution is -0.142. The number of fused-ring (bicyclic) bond motifs is 2. The van der Waals surface area contributed by atoms with Gasteiger partial charge in [0.25, 0.3) is 5.56 Å². The number of ketones is 1. The summed E-state index contributed by atoms with van der Waals surface area (Å²) < 4.78 is 12.5. The normalized spacial score (nSPS) is 12.1. The average molecular weight is 492 g/mol. The van der Waals surface area contributed by atoms with Gasteiger partial charge < -0.3 is 14.3 Å². The van der Waals surface area contributed by atoms with E-state index in [1.54, 1.807) is 42.5 Å². The second-order valence-corrected chi connectivity index (χ2v) is 8.80. The number of aryl methyl sites for hydroxylation is 1. The van der Waals surface area contributed by atoms with E-state index in [4.69, 9.17) is 9.15 Å². The van der Waals surface area contributed by atoms with E-state index < -0.39 is 11.9 Å². The number of aromatic nitrogens is 3. The molecule has 0 aliphatic rings. The Morgan fingerprint density at radius 2 is 1.94 bits per heavy atom. The number of carbonyl (C=O) groups excluding carboxylic acids is 1. The van der Waals surface area contributed by atoms with Crippen molar-refractivity contribution in [1.82, 2.24) is 15.0 Å². The number of unbranched alkanes of at least 4 members (excludes halogenated alkanes) is 3. The molecular formula is C27H29N3O6. The Hall–Kier alpha value is -4.01. The van der Waals surface area contributed by atoms with Crippen LogP contribution in [0.1, 0.15) is 55.8 Å². The molecule has 1 N–H and O–H groups in total. The second kappa shape index (κ2) is 11.6. The molecule has 0 aliphatic carbocycles. The monoisotopic (exact) mass is 491 g/mol. The third-order valence-electron chi connectivity index (χ3n) is 6.21. The van der Waals surface area contributed by atoms with Crippen molar-refractivity contribution in [3.8, 4) is 5.75 Å². The van der Waals surface area contributed by atoms with E-state index in [1.165, 1.54) is 12.7 Å². The lowest BCUT2D eigenvalue weighted by Gasteiger charge is -2.12. The van der Waals surface area contributed by atoms with Crippen LogP contribution in [0.2, 0.25) is 0 Å². The summed E-state index contributed by atoms with van der Waals surface area (Å²) in [6, 6.07) is 12.1. The molecule has 2 aromatic heterocycles. The topological polar surface area (TPSA) is 125 Å². The highest BCUT2D eigenvalue weighted by Crippen LogP contribution is 2.28. The maximum atomic E-state index is 13.0. The van der Waals surface area contributed by atoms with E-state index in [9.17, 15) is 19.5 Å². The van der Waals surface area contributed by atoms with Crippen LogP contribution in [0.25, 0.3) is 21.9 Å². The van der Waals surface area contributed by atoms with Crippen LogP contribution in [0, 0.1) is 5.92 Å². The number of hydrogen-bond donors (Lipinski definition) is 1. The lowest BCUT2D eigenvalue weighted by Crippen LogP contribution is -2.27. The molecule has 0 fully saturated rings. The number of hydrogen-bond acceptors (Lipinski definition) is 7. The molecule has 2 heterocycles. The van der Waals surface area contributed by atoms with Gasteiger partial charge in [-0.1, -0.05) is 43.5 Å². The second-order valence-electron chi connectivity index (χ2n) is 8.80. The molecule has 0 amide bonds. The number of ether oxygens (including phenoxy) is 1. The molecule has 0 aliphatic heterocycles. The molecule has 36 heavy (non-hydrogen) atoms. The number of Topliss-reactive ketones (excluding diaryl/α,β-unsaturated/α-hetero) is 1. The molecule has 0 spiro atoms. The van der Waals surface area contributed by atoms with Crippen molar-refractivity contribution >= 4 is 33.6 Å². The fourth-order valence-electron chi connectivity index (χ4n) is 4.13. The zero-order valence-corrected chi connectivity index (χ0v) is 20.2. The third kappa shape index (κ3) is 5.79. The van der Waals surface area contributed by atoms with E-state index >= 15 is 0 Å². The average Bonchev–Trinajstić information content (AvgIpc) is 3.31. The first-order valence-corrected chi connectivity index (χ1v) is 12.2. The van der Waals surface area contributed by atoms with Gasteiger partial charge in [0.2, 0.25) is 0 Å². The molecule has 4 rings (SSSR count). The van der Waals surface area contributed by atoms with Gasteiger partial charge in [0.05, 0.1) is 23.5 Å². The number of rotatable bonds is 13. The Morgan fingerprint density at radius 1 is 1.11 bits per heavy atom. The maximum absolute atomic E-state index is 13.0. The zero-order chi connectivity index (χ0) is 25.5. The van der Waals surface area contributed by atoms with Crippen LogP contribution in [-0.2, 0) is 11.3 Å². The van der Waals surface area contributed by atoms with Crippen molar-refractivity contribution in [2.24, 2.45) is 5.92 Å². The minimum atomic E-state index is -1.11. The van der Waals surface area contributed by atoms with Crippen LogP contribution in [0.15, 0.2) is 57.9 Å². The Bertz CT molecular complexity index is 1420. The first kappa shape index (κ1) is 25.1. The molecule has 0 radical (unpaired) electrons. The quantitative estimate of drug-likeness (QED) is 0.208. The Balaban J connectivity index is 1.41. The number of furan rings is 1. The summed E-state index contributed by atoms with van der Waals surface area (Å²) in [6.45, 7) is 2.80. The molecule has 1 unspecified atom stereocenters. The van der Waals surface area contributed by atoms with Crippen LogP contribution in [0.5, 0.6) is 5.75 Å². The maximum Gasteiger partial charge on any atom is 0.307 e. The van der Waals surface area contributed by atoms with Gasteiger partial charge >= 0.3 is 5.97 Å². The number of aliphatic carboxylic acids is 1. The van der Waals surface area contributed by atoms with E-state index in [1.807, 2.05) is 0 Å². The SMILES string of the molecule is CCCCCCOc1ccc2c(C(=O)CC(CCn3nnc4ccccc4c3=O)C(=O)O)coc2c1. The molecule has 188 valence electrons. The highest BCUT2D eigenvalue weighted by Gasteiger charge is 2.25. The van der Waals surface area contributed by atoms with Crippen molar-refractivity contribution in [3.05, 3.63) is 64.6 Å². The molecule has 0 bridgehead atoms. The number of carbonyl (C=O) groups is 2. The van der Waals surface area contributed by atoms with Gasteiger partial charge in [-0.2, -0.15) is 0 Å². The predicted molar refractivity (Wildman–Crippen MR) is 134 cm³/mol. The van der Waals surface area contributed by atoms with Gasteiger partial charge in [0.1, 0.15) is 23.1 Å². The van der Waals surface area contributed by atoms with Gasteiger partial charge in [-0.25, -0.2) is 4.68 Å². The number of benzene rings is 2. The smallest absolute Gasteiger partial charge is 0.307 e. The van der Waals surface area contributed by atoms with Gasteiger partial charge in [-0.15, -0.1) is 5.10 Å². The van der Waals surface area contributed by atoms with Crippen molar-refractivity contribution in [3.63, 3.8) is 0 Å². The van der Waals surface area contributed by atoms with Crippen LogP contribution in [0.4, 0.5) is 0 Å². The molecular weight excluding hydrogens is 462 g/mol. The first-order chi connectivity index (χ1) is 17.5. The van der Waals surface area contributed by atoms with E-state index in [-0.39, 0.29) is 30.7 Å². The minimum absolute atomic E-state index is 0.0337. The van der Waals surface area contributed by atoms with E-state index in [0.29, 0.717) is 39.8 Å². The molecule has 1 atom stereocenters. The Labute approximate surface area is 207 Å². The first-order valence-electron chi connectivity index (χ1n) is 12.2. The van der Waals surface area contributed by atoms with Crippen LogP contribution < -0.4 is 10.3 Å². The van der Waals surface area contributed by atoms with Crippen molar-refractivity contribution in [2.75, 3.05) is 6.61 Å².